The quantitative estimate of drug-likeness (QED) is 0.410. The molecular weight excluding hydrogens is 454 g/mol. The first-order valence-electron chi connectivity index (χ1n) is 12.6. The second-order valence-electron chi connectivity index (χ2n) is 10.1. The van der Waals surface area contributed by atoms with E-state index in [4.69, 9.17) is 14.2 Å². The minimum absolute atomic E-state index is 0.00366. The van der Waals surface area contributed by atoms with E-state index in [9.17, 15) is 19.5 Å². The van der Waals surface area contributed by atoms with Gasteiger partial charge in [-0.25, -0.2) is 0 Å². The molecule has 1 N–H and O–H groups in total. The monoisotopic (exact) mass is 489 g/mol. The van der Waals surface area contributed by atoms with Crippen LogP contribution in [0.15, 0.2) is 24.3 Å². The van der Waals surface area contributed by atoms with Crippen LogP contribution in [0.1, 0.15) is 19.8 Å². The van der Waals surface area contributed by atoms with Gasteiger partial charge in [0, 0.05) is 39.3 Å². The molecule has 192 valence electrons. The van der Waals surface area contributed by atoms with Crippen molar-refractivity contribution in [3.8, 4) is 0 Å². The molecule has 0 aromatic carbocycles. The van der Waals surface area contributed by atoms with E-state index in [1.54, 1.807) is 11.8 Å². The third kappa shape index (κ3) is 4.10. The van der Waals surface area contributed by atoms with Crippen LogP contribution in [0.25, 0.3) is 0 Å². The molecule has 0 aromatic heterocycles. The van der Waals surface area contributed by atoms with Gasteiger partial charge in [-0.05, 0) is 19.8 Å². The fourth-order valence-electron chi connectivity index (χ4n) is 6.32. The number of nitrogens with zero attached hydrogens (tertiary/aromatic N) is 3. The summed E-state index contributed by atoms with van der Waals surface area (Å²) in [5, 5.41) is 9.75. The first kappa shape index (κ1) is 24.4. The highest BCUT2D eigenvalue weighted by Gasteiger charge is 2.74. The lowest BCUT2D eigenvalue weighted by Gasteiger charge is -2.37. The first-order chi connectivity index (χ1) is 16.9. The Kier molecular flexibility index (Phi) is 6.73. The Bertz CT molecular complexity index is 917. The number of fused-ring (bicyclic) bond motifs is 2. The number of hydrogen-bond acceptors (Lipinski definition) is 8. The van der Waals surface area contributed by atoms with Crippen molar-refractivity contribution in [3.63, 3.8) is 0 Å². The molecule has 2 amide bonds. The van der Waals surface area contributed by atoms with Crippen LogP contribution in [0.5, 0.6) is 0 Å². The molecule has 0 aromatic rings. The number of likely N-dealkylation sites (tertiary alicyclic amines) is 1. The topological polar surface area (TPSA) is 109 Å². The average Bonchev–Trinajstić information content (AvgIpc) is 3.19. The highest BCUT2D eigenvalue weighted by atomic mass is 16.6. The Balaban J connectivity index is 1.49. The molecule has 5 rings (SSSR count). The highest BCUT2D eigenvalue weighted by Crippen LogP contribution is 2.57. The fraction of sp³-hybridized carbons (Fsp3) is 0.720. The van der Waals surface area contributed by atoms with Gasteiger partial charge in [-0.3, -0.25) is 19.3 Å². The molecule has 3 fully saturated rings. The van der Waals surface area contributed by atoms with Gasteiger partial charge in [0.05, 0.1) is 37.9 Å². The minimum atomic E-state index is -1.31. The lowest BCUT2D eigenvalue weighted by atomic mass is 9.74. The van der Waals surface area contributed by atoms with Crippen molar-refractivity contribution in [2.75, 3.05) is 65.7 Å². The summed E-state index contributed by atoms with van der Waals surface area (Å²) < 4.78 is 17.6. The number of allylic oxidation sites excluding steroid dienone is 1. The number of carbonyl (C=O) groups excluding carboxylic acids is 3. The number of amides is 2. The maximum Gasteiger partial charge on any atom is 0.313 e. The molecule has 10 heteroatoms. The summed E-state index contributed by atoms with van der Waals surface area (Å²) in [7, 11) is 0. The maximum atomic E-state index is 14.0. The number of carbonyl (C=O) groups is 3. The zero-order chi connectivity index (χ0) is 24.6. The molecule has 5 aliphatic heterocycles. The van der Waals surface area contributed by atoms with Crippen molar-refractivity contribution in [1.82, 2.24) is 14.7 Å². The van der Waals surface area contributed by atoms with Crippen molar-refractivity contribution in [1.29, 1.82) is 0 Å². The summed E-state index contributed by atoms with van der Waals surface area (Å²) in [6.07, 6.45) is 8.95. The molecule has 5 aliphatic rings. The van der Waals surface area contributed by atoms with Gasteiger partial charge >= 0.3 is 5.97 Å². The van der Waals surface area contributed by atoms with Gasteiger partial charge in [0.2, 0.25) is 11.8 Å². The normalized spacial score (nSPS) is 38.7. The fourth-order valence-corrected chi connectivity index (χ4v) is 6.32. The predicted octanol–water partition coefficient (Wildman–Crippen LogP) is -0.427. The van der Waals surface area contributed by atoms with Crippen LogP contribution in [0, 0.1) is 11.8 Å². The predicted molar refractivity (Wildman–Crippen MR) is 124 cm³/mol. The summed E-state index contributed by atoms with van der Waals surface area (Å²) in [4.78, 5) is 46.5. The number of ether oxygens (including phenoxy) is 3. The van der Waals surface area contributed by atoms with Gasteiger partial charge in [0.1, 0.15) is 17.6 Å². The van der Waals surface area contributed by atoms with E-state index in [1.165, 1.54) is 4.90 Å². The van der Waals surface area contributed by atoms with Gasteiger partial charge in [-0.15, -0.1) is 0 Å². The summed E-state index contributed by atoms with van der Waals surface area (Å²) in [5.41, 5.74) is -2.39. The standard InChI is InChI=1S/C25H35N3O7/c1-24-6-3-2-4-15-34-23(32)19(24)18-21(30)28(11-14-29)20-22(31)27(8-5-7-25(18,20)35-24)10-9-26-12-16-33-17-13-26/h3,5-7,18-20,29H,2,4,8-17H2,1H3/b6-3-/t18-,19+,20?,24-,25-/m0/s1. The van der Waals surface area contributed by atoms with E-state index in [0.29, 0.717) is 39.3 Å². The highest BCUT2D eigenvalue weighted by molar-refractivity contribution is 5.99. The van der Waals surface area contributed by atoms with E-state index in [0.717, 1.165) is 19.5 Å². The third-order valence-electron chi connectivity index (χ3n) is 7.96. The molecule has 3 saturated heterocycles. The van der Waals surface area contributed by atoms with E-state index in [-0.39, 0.29) is 31.6 Å². The first-order valence-corrected chi connectivity index (χ1v) is 12.6. The SMILES string of the molecule is C[C@]12/C=C\CCCOC(=O)[C@H]1[C@H]1C(=O)N(CCO)C3C(=O)N(CCN4CCOCC4)CC=C[C@@]31O2. The van der Waals surface area contributed by atoms with Crippen LogP contribution in [0.3, 0.4) is 0 Å². The zero-order valence-corrected chi connectivity index (χ0v) is 20.3. The van der Waals surface area contributed by atoms with Gasteiger partial charge in [0.25, 0.3) is 0 Å². The van der Waals surface area contributed by atoms with Crippen molar-refractivity contribution in [2.45, 2.75) is 37.0 Å². The van der Waals surface area contributed by atoms with Crippen molar-refractivity contribution < 1.29 is 33.7 Å². The number of esters is 1. The number of β-amino-alcohol motifs (C(OH)–C–C–N with tert-alkyl or cyclic N) is 1. The Morgan fingerprint density at radius 2 is 1.80 bits per heavy atom. The number of hydrogen-bond donors (Lipinski definition) is 1. The van der Waals surface area contributed by atoms with Crippen LogP contribution in [-0.4, -0.2) is 121 Å². The second kappa shape index (κ2) is 9.65. The van der Waals surface area contributed by atoms with E-state index < -0.39 is 35.0 Å². The summed E-state index contributed by atoms with van der Waals surface area (Å²) in [6.45, 7) is 6.37. The van der Waals surface area contributed by atoms with Crippen LogP contribution in [0.2, 0.25) is 0 Å². The van der Waals surface area contributed by atoms with E-state index >= 15 is 0 Å². The summed E-state index contributed by atoms with van der Waals surface area (Å²) in [5.74, 6) is -2.84. The Morgan fingerprint density at radius 1 is 1.00 bits per heavy atom. The minimum Gasteiger partial charge on any atom is -0.465 e. The summed E-state index contributed by atoms with van der Waals surface area (Å²) >= 11 is 0. The average molecular weight is 490 g/mol. The second-order valence-corrected chi connectivity index (χ2v) is 10.1. The lowest BCUT2D eigenvalue weighted by Crippen LogP contribution is -2.57. The molecule has 5 heterocycles. The van der Waals surface area contributed by atoms with Crippen LogP contribution in [-0.2, 0) is 28.6 Å². The third-order valence-corrected chi connectivity index (χ3v) is 7.96. The Hall–Kier alpha value is -2.27. The number of aliphatic hydroxyl groups is 1. The van der Waals surface area contributed by atoms with Crippen molar-refractivity contribution >= 4 is 17.8 Å². The molecule has 1 spiro atoms. The van der Waals surface area contributed by atoms with Crippen LogP contribution < -0.4 is 0 Å². The largest absolute Gasteiger partial charge is 0.465 e. The molecule has 0 radical (unpaired) electrons. The van der Waals surface area contributed by atoms with Gasteiger partial charge < -0.3 is 29.1 Å². The molecule has 0 aliphatic carbocycles. The van der Waals surface area contributed by atoms with Crippen LogP contribution >= 0.6 is 0 Å². The maximum absolute atomic E-state index is 14.0. The molecule has 5 atom stereocenters. The van der Waals surface area contributed by atoms with E-state index in [2.05, 4.69) is 4.90 Å². The summed E-state index contributed by atoms with van der Waals surface area (Å²) in [6, 6.07) is -0.955. The molecule has 1 unspecified atom stereocenters. The van der Waals surface area contributed by atoms with Gasteiger partial charge in [-0.1, -0.05) is 24.3 Å². The van der Waals surface area contributed by atoms with Gasteiger partial charge in [-0.2, -0.15) is 0 Å². The zero-order valence-electron chi connectivity index (χ0n) is 20.3. The molecule has 35 heavy (non-hydrogen) atoms. The number of aliphatic hydroxyl groups excluding tert-OH is 1. The van der Waals surface area contributed by atoms with Crippen molar-refractivity contribution in [2.24, 2.45) is 11.8 Å². The molecule has 10 nitrogen and oxygen atoms in total. The Morgan fingerprint density at radius 3 is 2.57 bits per heavy atom. The van der Waals surface area contributed by atoms with E-state index in [1.807, 2.05) is 24.3 Å². The number of morpholine rings is 1. The molecular formula is C25H35N3O7. The molecule has 0 bridgehead atoms. The smallest absolute Gasteiger partial charge is 0.313 e. The lowest BCUT2D eigenvalue weighted by molar-refractivity contribution is -0.159. The number of cyclic esters (lactones) is 1. The Labute approximate surface area is 205 Å². The van der Waals surface area contributed by atoms with Gasteiger partial charge in [0.15, 0.2) is 0 Å². The molecule has 0 saturated carbocycles. The van der Waals surface area contributed by atoms with Crippen LogP contribution in [0.4, 0.5) is 0 Å². The number of rotatable bonds is 5. The van der Waals surface area contributed by atoms with Crippen molar-refractivity contribution in [3.05, 3.63) is 24.3 Å².